The Morgan fingerprint density at radius 3 is 2.86 bits per heavy atom. The molecule has 3 heterocycles. The molecule has 1 unspecified atom stereocenters. The number of hydrogen-bond donors (Lipinski definition) is 1. The van der Waals surface area contributed by atoms with Gasteiger partial charge in [0.1, 0.15) is 6.34 Å². The Kier molecular flexibility index (Phi) is 5.43. The zero-order valence-electron chi connectivity index (χ0n) is 14.7. The maximum atomic E-state index is 12.1. The molecule has 0 saturated heterocycles. The van der Waals surface area contributed by atoms with Crippen LogP contribution in [0.15, 0.2) is 86.2 Å². The minimum atomic E-state index is -0.309. The molecule has 0 fully saturated rings. The van der Waals surface area contributed by atoms with Crippen LogP contribution in [0.4, 0.5) is 11.6 Å². The van der Waals surface area contributed by atoms with Gasteiger partial charge in [0.15, 0.2) is 5.50 Å². The summed E-state index contributed by atoms with van der Waals surface area (Å²) < 4.78 is 10.4. The van der Waals surface area contributed by atoms with Crippen LogP contribution >= 0.6 is 11.8 Å². The number of hydrazone groups is 1. The van der Waals surface area contributed by atoms with Crippen molar-refractivity contribution in [2.24, 2.45) is 10.1 Å². The molecule has 0 aliphatic carbocycles. The van der Waals surface area contributed by atoms with Crippen LogP contribution in [0.5, 0.6) is 0 Å². The van der Waals surface area contributed by atoms with E-state index >= 15 is 0 Å². The lowest BCUT2D eigenvalue weighted by Gasteiger charge is -2.31. The number of benzene rings is 1. The van der Waals surface area contributed by atoms with Crippen LogP contribution in [0.1, 0.15) is 5.56 Å². The van der Waals surface area contributed by atoms with Gasteiger partial charge < -0.3 is 8.83 Å². The highest BCUT2D eigenvalue weighted by atomic mass is 32.2. The number of nitrogens with one attached hydrogen (secondary N) is 1. The molecule has 1 aromatic carbocycles. The molecule has 1 aliphatic heterocycles. The summed E-state index contributed by atoms with van der Waals surface area (Å²) in [6.07, 6.45) is 7.91. The Hall–Kier alpha value is -3.46. The lowest BCUT2D eigenvalue weighted by atomic mass is 10.3. The van der Waals surface area contributed by atoms with E-state index in [1.54, 1.807) is 31.2 Å². The number of aliphatic imine (C=N–C) groups is 1. The number of nitrogens with zero attached hydrogens (tertiary/aromatic N) is 4. The first-order valence-corrected chi connectivity index (χ1v) is 9.52. The van der Waals surface area contributed by atoms with E-state index in [2.05, 4.69) is 15.5 Å². The van der Waals surface area contributed by atoms with Crippen LogP contribution in [0.25, 0.3) is 0 Å². The van der Waals surface area contributed by atoms with Crippen LogP contribution < -0.4 is 15.4 Å². The Bertz CT molecular complexity index is 941. The predicted octanol–water partition coefficient (Wildman–Crippen LogP) is 3.31. The Labute approximate surface area is 165 Å². The molecule has 0 bridgehead atoms. The molecule has 2 aromatic heterocycles. The summed E-state index contributed by atoms with van der Waals surface area (Å²) in [7, 11) is 0. The van der Waals surface area contributed by atoms with Crippen molar-refractivity contribution in [2.75, 3.05) is 15.8 Å². The second-order valence-electron chi connectivity index (χ2n) is 5.73. The number of hydrogen-bond acceptors (Lipinski definition) is 8. The second-order valence-corrected chi connectivity index (χ2v) is 6.77. The second kappa shape index (κ2) is 8.49. The van der Waals surface area contributed by atoms with Crippen molar-refractivity contribution in [3.63, 3.8) is 0 Å². The van der Waals surface area contributed by atoms with Gasteiger partial charge in [-0.15, -0.1) is 11.8 Å². The van der Waals surface area contributed by atoms with Crippen LogP contribution in [0.2, 0.25) is 0 Å². The topological polar surface area (TPSA) is 86.6 Å². The number of anilines is 2. The van der Waals surface area contributed by atoms with Crippen molar-refractivity contribution in [3.05, 3.63) is 72.9 Å². The van der Waals surface area contributed by atoms with E-state index in [0.717, 1.165) is 11.3 Å². The van der Waals surface area contributed by atoms with Gasteiger partial charge in [-0.3, -0.25) is 4.79 Å². The van der Waals surface area contributed by atoms with Gasteiger partial charge in [0.2, 0.25) is 11.8 Å². The molecular weight excluding hydrogens is 378 g/mol. The molecule has 142 valence electrons. The average Bonchev–Trinajstić information content (AvgIpc) is 3.48. The Balaban J connectivity index is 1.40. The van der Waals surface area contributed by atoms with Gasteiger partial charge >= 0.3 is 0 Å². The minimum absolute atomic E-state index is 0.195. The fourth-order valence-corrected chi connectivity index (χ4v) is 3.43. The highest BCUT2D eigenvalue weighted by molar-refractivity contribution is 8.00. The molecule has 28 heavy (non-hydrogen) atoms. The van der Waals surface area contributed by atoms with E-state index in [-0.39, 0.29) is 17.2 Å². The summed E-state index contributed by atoms with van der Waals surface area (Å²) in [6.45, 7) is 0. The highest BCUT2D eigenvalue weighted by Gasteiger charge is 2.31. The third-order valence-corrected chi connectivity index (χ3v) is 4.86. The standard InChI is InChI=1S/C19H17N5O3S/c25-17(22-21-11-15-8-10-26-12-15)13-28-19-20-14-23(18-7-4-9-27-18)24(19)16-5-2-1-3-6-16/h1-12,14,19H,13H2,(H,22,25)/b21-11+. The summed E-state index contributed by atoms with van der Waals surface area (Å²) in [5.74, 6) is 0.620. The molecular formula is C19H17N5O3S. The zero-order valence-corrected chi connectivity index (χ0v) is 15.5. The van der Waals surface area contributed by atoms with Crippen molar-refractivity contribution in [1.82, 2.24) is 5.43 Å². The maximum absolute atomic E-state index is 12.1. The van der Waals surface area contributed by atoms with Crippen LogP contribution in [-0.2, 0) is 4.79 Å². The van der Waals surface area contributed by atoms with Crippen LogP contribution in [0, 0.1) is 0 Å². The molecule has 1 atom stereocenters. The fourth-order valence-electron chi connectivity index (χ4n) is 2.56. The maximum Gasteiger partial charge on any atom is 0.250 e. The van der Waals surface area contributed by atoms with E-state index in [0.29, 0.717) is 5.88 Å². The van der Waals surface area contributed by atoms with E-state index < -0.39 is 0 Å². The van der Waals surface area contributed by atoms with Crippen molar-refractivity contribution >= 4 is 41.8 Å². The summed E-state index contributed by atoms with van der Waals surface area (Å²) in [5.41, 5.74) is 3.91. The lowest BCUT2D eigenvalue weighted by molar-refractivity contribution is -0.118. The number of rotatable bonds is 7. The molecule has 3 aromatic rings. The molecule has 0 radical (unpaired) electrons. The van der Waals surface area contributed by atoms with Crippen molar-refractivity contribution in [1.29, 1.82) is 0 Å². The Morgan fingerprint density at radius 1 is 1.21 bits per heavy atom. The van der Waals surface area contributed by atoms with Gasteiger partial charge in [-0.25, -0.2) is 20.4 Å². The van der Waals surface area contributed by atoms with Crippen molar-refractivity contribution in [2.45, 2.75) is 5.50 Å². The molecule has 8 nitrogen and oxygen atoms in total. The van der Waals surface area contributed by atoms with Gasteiger partial charge in [0.05, 0.1) is 36.4 Å². The molecule has 9 heteroatoms. The fraction of sp³-hybridized carbons (Fsp3) is 0.105. The van der Waals surface area contributed by atoms with Gasteiger partial charge in [-0.1, -0.05) is 18.2 Å². The molecule has 4 rings (SSSR count). The summed E-state index contributed by atoms with van der Waals surface area (Å²) in [6, 6.07) is 15.2. The monoisotopic (exact) mass is 395 g/mol. The number of hydrazine groups is 1. The first kappa shape index (κ1) is 17.9. The van der Waals surface area contributed by atoms with Gasteiger partial charge in [-0.2, -0.15) is 5.10 Å². The van der Waals surface area contributed by atoms with Crippen LogP contribution in [0.3, 0.4) is 0 Å². The minimum Gasteiger partial charge on any atom is -0.472 e. The third-order valence-electron chi connectivity index (χ3n) is 3.81. The summed E-state index contributed by atoms with van der Waals surface area (Å²) in [5, 5.41) is 7.70. The van der Waals surface area contributed by atoms with Crippen molar-refractivity contribution in [3.8, 4) is 0 Å². The number of carbonyl (C=O) groups excluding carboxylic acids is 1. The SMILES string of the molecule is O=C(CSC1N=CN(c2ccco2)N1c1ccccc1)N/N=C/c1ccoc1. The molecule has 1 amide bonds. The van der Waals surface area contributed by atoms with Gasteiger partial charge in [0.25, 0.3) is 0 Å². The smallest absolute Gasteiger partial charge is 0.250 e. The summed E-state index contributed by atoms with van der Waals surface area (Å²) >= 11 is 1.38. The van der Waals surface area contributed by atoms with E-state index in [9.17, 15) is 4.79 Å². The molecule has 0 saturated carbocycles. The average molecular weight is 395 g/mol. The predicted molar refractivity (Wildman–Crippen MR) is 109 cm³/mol. The molecule has 0 spiro atoms. The number of furan rings is 2. The largest absolute Gasteiger partial charge is 0.472 e. The lowest BCUT2D eigenvalue weighted by Crippen LogP contribution is -2.42. The Morgan fingerprint density at radius 2 is 2.11 bits per heavy atom. The zero-order chi connectivity index (χ0) is 19.2. The molecule has 1 N–H and O–H groups in total. The number of carbonyl (C=O) groups is 1. The number of amides is 1. The van der Waals surface area contributed by atoms with Crippen LogP contribution in [-0.4, -0.2) is 29.7 Å². The quantitative estimate of drug-likeness (QED) is 0.488. The van der Waals surface area contributed by atoms with E-state index in [4.69, 9.17) is 8.83 Å². The number of thioether (sulfide) groups is 1. The van der Waals surface area contributed by atoms with Crippen molar-refractivity contribution < 1.29 is 13.6 Å². The first-order chi connectivity index (χ1) is 13.8. The van der Waals surface area contributed by atoms with E-state index in [1.807, 2.05) is 52.5 Å². The van der Waals surface area contributed by atoms with Gasteiger partial charge in [-0.05, 0) is 24.3 Å². The highest BCUT2D eigenvalue weighted by Crippen LogP contribution is 2.32. The van der Waals surface area contributed by atoms with E-state index in [1.165, 1.54) is 18.0 Å². The molecule has 1 aliphatic rings. The number of para-hydroxylation sites is 1. The third kappa shape index (κ3) is 4.09. The summed E-state index contributed by atoms with van der Waals surface area (Å²) in [4.78, 5) is 16.6. The first-order valence-electron chi connectivity index (χ1n) is 8.47. The normalized spacial score (nSPS) is 16.2. The van der Waals surface area contributed by atoms with Gasteiger partial charge in [0, 0.05) is 11.6 Å².